The van der Waals surface area contributed by atoms with Gasteiger partial charge in [0.2, 0.25) is 0 Å². The number of anilines is 3. The summed E-state index contributed by atoms with van der Waals surface area (Å²) in [7, 11) is 1.58. The largest absolute Gasteiger partial charge is 0.333 e. The van der Waals surface area contributed by atoms with Gasteiger partial charge in [0.25, 0.3) is 11.5 Å². The highest BCUT2D eigenvalue weighted by molar-refractivity contribution is 7.14. The van der Waals surface area contributed by atoms with Crippen LogP contribution in [-0.4, -0.2) is 30.6 Å². The first-order valence-corrected chi connectivity index (χ1v) is 11.5. The first-order valence-electron chi connectivity index (χ1n) is 10.7. The van der Waals surface area contributed by atoms with Gasteiger partial charge in [-0.25, -0.2) is 14.4 Å². The number of carbonyl (C=O) groups is 1. The Labute approximate surface area is 199 Å². The number of hydrogen-bond donors (Lipinski definition) is 3. The van der Waals surface area contributed by atoms with Crippen molar-refractivity contribution in [3.8, 4) is 11.4 Å². The van der Waals surface area contributed by atoms with E-state index in [1.807, 2.05) is 13.0 Å². The van der Waals surface area contributed by atoms with E-state index < -0.39 is 11.7 Å². The van der Waals surface area contributed by atoms with Crippen LogP contribution in [-0.2, 0) is 13.5 Å². The molecule has 34 heavy (non-hydrogen) atoms. The van der Waals surface area contributed by atoms with Crippen molar-refractivity contribution in [3.05, 3.63) is 68.3 Å². The van der Waals surface area contributed by atoms with Crippen molar-refractivity contribution in [1.82, 2.24) is 24.7 Å². The highest BCUT2D eigenvalue weighted by Gasteiger charge is 2.19. The molecular formula is C23H24FN7O2S. The fourth-order valence-electron chi connectivity index (χ4n) is 3.43. The number of aromatic nitrogens is 5. The molecule has 0 atom stereocenters. The van der Waals surface area contributed by atoms with Gasteiger partial charge in [-0.05, 0) is 36.1 Å². The van der Waals surface area contributed by atoms with Gasteiger partial charge >= 0.3 is 0 Å². The average Bonchev–Trinajstić information content (AvgIpc) is 3.48. The van der Waals surface area contributed by atoms with Crippen LogP contribution in [0.15, 0.2) is 41.6 Å². The average molecular weight is 482 g/mol. The van der Waals surface area contributed by atoms with E-state index in [2.05, 4.69) is 44.6 Å². The molecule has 4 rings (SSSR count). The van der Waals surface area contributed by atoms with E-state index in [9.17, 15) is 14.0 Å². The van der Waals surface area contributed by atoms with Gasteiger partial charge in [0.15, 0.2) is 17.5 Å². The predicted molar refractivity (Wildman–Crippen MR) is 130 cm³/mol. The van der Waals surface area contributed by atoms with Crippen molar-refractivity contribution in [1.29, 1.82) is 0 Å². The molecule has 0 spiro atoms. The van der Waals surface area contributed by atoms with Crippen LogP contribution in [0.4, 0.5) is 21.7 Å². The molecule has 4 heterocycles. The molecule has 0 aromatic carbocycles. The second-order valence-corrected chi connectivity index (χ2v) is 9.12. The third kappa shape index (κ3) is 4.74. The second-order valence-electron chi connectivity index (χ2n) is 7.98. The summed E-state index contributed by atoms with van der Waals surface area (Å²) < 4.78 is 15.9. The lowest BCUT2D eigenvalue weighted by molar-refractivity contribution is 0.102. The number of carbonyl (C=O) groups excluding carboxylic acids is 1. The summed E-state index contributed by atoms with van der Waals surface area (Å²) in [6, 6.07) is 4.50. The number of amides is 1. The Hall–Kier alpha value is -3.86. The molecule has 0 bridgehead atoms. The predicted octanol–water partition coefficient (Wildman–Crippen LogP) is 4.45. The molecule has 4 aromatic heterocycles. The molecule has 3 N–H and O–H groups in total. The zero-order chi connectivity index (χ0) is 24.4. The lowest BCUT2D eigenvalue weighted by atomic mass is 10.0. The van der Waals surface area contributed by atoms with Gasteiger partial charge in [-0.2, -0.15) is 5.10 Å². The van der Waals surface area contributed by atoms with Crippen molar-refractivity contribution in [2.24, 2.45) is 7.05 Å². The molecular weight excluding hydrogens is 457 g/mol. The van der Waals surface area contributed by atoms with Crippen LogP contribution in [0, 0.1) is 5.82 Å². The van der Waals surface area contributed by atoms with Gasteiger partial charge in [0.05, 0.1) is 22.5 Å². The summed E-state index contributed by atoms with van der Waals surface area (Å²) >= 11 is 1.40. The summed E-state index contributed by atoms with van der Waals surface area (Å²) in [4.78, 5) is 35.6. The quantitative estimate of drug-likeness (QED) is 0.359. The number of H-pyrrole nitrogens is 1. The van der Waals surface area contributed by atoms with Crippen molar-refractivity contribution < 1.29 is 9.18 Å². The molecule has 0 unspecified atom stereocenters. The molecule has 0 aliphatic rings. The van der Waals surface area contributed by atoms with Crippen LogP contribution in [0.2, 0.25) is 0 Å². The van der Waals surface area contributed by atoms with Gasteiger partial charge in [0.1, 0.15) is 5.69 Å². The SMILES string of the molecule is CCc1sc(C(=O)Nc2nc(-c3cn(C)c(=O)c(Nc4cn[nH]c4)n3)ccc2F)cc1C(C)C. The van der Waals surface area contributed by atoms with Crippen molar-refractivity contribution in [2.45, 2.75) is 33.1 Å². The number of aryl methyl sites for hydroxylation is 2. The standard InChI is InChI=1S/C23H24FN7O2S/c1-5-18-14(12(2)3)8-19(34-18)22(32)30-20-15(24)6-7-16(28-20)17-11-31(4)23(33)21(29-17)27-13-9-25-26-10-13/h6-12H,5H2,1-4H3,(H,25,26)(H,27,29)(H,28,30,32). The fraction of sp³-hybridized carbons (Fsp3) is 0.261. The molecule has 176 valence electrons. The molecule has 4 aromatic rings. The van der Waals surface area contributed by atoms with Gasteiger partial charge in [-0.1, -0.05) is 20.8 Å². The van der Waals surface area contributed by atoms with Crippen molar-refractivity contribution >= 4 is 34.6 Å². The first kappa shape index (κ1) is 23.3. The smallest absolute Gasteiger partial charge is 0.293 e. The minimum Gasteiger partial charge on any atom is -0.333 e. The van der Waals surface area contributed by atoms with Gasteiger partial charge in [-0.15, -0.1) is 11.3 Å². The van der Waals surface area contributed by atoms with E-state index in [0.29, 0.717) is 22.0 Å². The Morgan fingerprint density at radius 1 is 1.24 bits per heavy atom. The molecule has 0 radical (unpaired) electrons. The number of rotatable bonds is 7. The monoisotopic (exact) mass is 481 g/mol. The number of aromatic amines is 1. The number of thiophene rings is 1. The zero-order valence-electron chi connectivity index (χ0n) is 19.1. The third-order valence-corrected chi connectivity index (χ3v) is 6.48. The minimum atomic E-state index is -0.671. The number of nitrogens with one attached hydrogen (secondary N) is 3. The van der Waals surface area contributed by atoms with E-state index in [1.54, 1.807) is 13.2 Å². The first-order chi connectivity index (χ1) is 16.3. The van der Waals surface area contributed by atoms with Crippen LogP contribution >= 0.6 is 11.3 Å². The van der Waals surface area contributed by atoms with Gasteiger partial charge in [-0.3, -0.25) is 14.7 Å². The maximum Gasteiger partial charge on any atom is 0.293 e. The summed E-state index contributed by atoms with van der Waals surface area (Å²) in [5.74, 6) is -0.961. The molecule has 0 saturated carbocycles. The Balaban J connectivity index is 1.65. The van der Waals surface area contributed by atoms with Crippen LogP contribution in [0.5, 0.6) is 0 Å². The summed E-state index contributed by atoms with van der Waals surface area (Å²) in [5.41, 5.74) is 1.95. The fourth-order valence-corrected chi connectivity index (χ4v) is 4.58. The minimum absolute atomic E-state index is 0.0602. The maximum atomic E-state index is 14.5. The van der Waals surface area contributed by atoms with Crippen LogP contribution in [0.1, 0.15) is 46.8 Å². The number of halogens is 1. The van der Waals surface area contributed by atoms with Crippen molar-refractivity contribution in [2.75, 3.05) is 10.6 Å². The van der Waals surface area contributed by atoms with Crippen molar-refractivity contribution in [3.63, 3.8) is 0 Å². The van der Waals surface area contributed by atoms with E-state index in [1.165, 1.54) is 40.4 Å². The lowest BCUT2D eigenvalue weighted by Gasteiger charge is -2.10. The highest BCUT2D eigenvalue weighted by Crippen LogP contribution is 2.30. The summed E-state index contributed by atoms with van der Waals surface area (Å²) in [6.45, 7) is 6.19. The number of hydrogen-bond acceptors (Lipinski definition) is 7. The number of nitrogens with zero attached hydrogens (tertiary/aromatic N) is 4. The second kappa shape index (κ2) is 9.56. The van der Waals surface area contributed by atoms with E-state index in [0.717, 1.165) is 16.9 Å². The molecule has 0 fully saturated rings. The van der Waals surface area contributed by atoms with Gasteiger partial charge in [0, 0.05) is 24.3 Å². The normalized spacial score (nSPS) is 11.1. The van der Waals surface area contributed by atoms with Gasteiger partial charge < -0.3 is 15.2 Å². The van der Waals surface area contributed by atoms with E-state index >= 15 is 0 Å². The lowest BCUT2D eigenvalue weighted by Crippen LogP contribution is -2.21. The Bertz CT molecular complexity index is 1390. The maximum absolute atomic E-state index is 14.5. The molecule has 1 amide bonds. The molecule has 0 saturated heterocycles. The Kier molecular flexibility index (Phi) is 6.55. The molecule has 9 nitrogen and oxygen atoms in total. The molecule has 0 aliphatic heterocycles. The van der Waals surface area contributed by atoms with Crippen LogP contribution in [0.25, 0.3) is 11.4 Å². The molecule has 11 heteroatoms. The summed E-state index contributed by atoms with van der Waals surface area (Å²) in [6.07, 6.45) is 5.41. The molecule has 0 aliphatic carbocycles. The van der Waals surface area contributed by atoms with E-state index in [4.69, 9.17) is 0 Å². The zero-order valence-corrected chi connectivity index (χ0v) is 20.0. The Morgan fingerprint density at radius 3 is 2.65 bits per heavy atom. The topological polar surface area (TPSA) is 118 Å². The number of pyridine rings is 1. The summed E-state index contributed by atoms with van der Waals surface area (Å²) in [5, 5.41) is 12.0. The highest BCUT2D eigenvalue weighted by atomic mass is 32.1. The van der Waals surface area contributed by atoms with Crippen LogP contribution < -0.4 is 16.2 Å². The third-order valence-electron chi connectivity index (χ3n) is 5.18. The Morgan fingerprint density at radius 2 is 2.00 bits per heavy atom. The van der Waals surface area contributed by atoms with E-state index in [-0.39, 0.29) is 23.1 Å². The van der Waals surface area contributed by atoms with Crippen LogP contribution in [0.3, 0.4) is 0 Å².